The van der Waals surface area contributed by atoms with Crippen molar-refractivity contribution in [3.8, 4) is 11.5 Å². The molecule has 2 amide bonds. The van der Waals surface area contributed by atoms with Gasteiger partial charge in [-0.1, -0.05) is 87.9 Å². The molecule has 3 N–H and O–H groups in total. The van der Waals surface area contributed by atoms with Gasteiger partial charge in [-0.05, 0) is 81.4 Å². The Balaban J connectivity index is 1.37. The highest BCUT2D eigenvalue weighted by Crippen LogP contribution is 2.59. The van der Waals surface area contributed by atoms with Crippen LogP contribution < -0.4 is 15.1 Å². The van der Waals surface area contributed by atoms with E-state index in [-0.39, 0.29) is 60.8 Å². The minimum absolute atomic E-state index is 0.00758. The van der Waals surface area contributed by atoms with Crippen LogP contribution in [-0.2, 0) is 23.5 Å². The number of carboxylic acids is 1. The molecule has 3 aromatic rings. The molecule has 2 aliphatic heterocycles. The molecule has 52 heavy (non-hydrogen) atoms. The third-order valence-electron chi connectivity index (χ3n) is 11.3. The number of phenolic OH excluding ortho intramolecular Hbond substituents is 1. The number of carbonyl (C=O) groups is 3. The molecule has 2 heterocycles. The average molecular weight is 842 g/mol. The van der Waals surface area contributed by atoms with Gasteiger partial charge in [0.05, 0.1) is 28.6 Å². The van der Waals surface area contributed by atoms with Crippen molar-refractivity contribution >= 4 is 59.1 Å². The number of rotatable bonds is 13. The van der Waals surface area contributed by atoms with E-state index in [9.17, 15) is 24.6 Å². The molecule has 1 saturated carbocycles. The molecule has 0 spiro atoms. The van der Waals surface area contributed by atoms with Crippen molar-refractivity contribution in [2.24, 2.45) is 23.7 Å². The summed E-state index contributed by atoms with van der Waals surface area (Å²) in [4.78, 5) is 40.6. The van der Waals surface area contributed by atoms with Crippen LogP contribution >= 0.6 is 22.6 Å². The molecule has 0 radical (unpaired) electrons. The predicted molar refractivity (Wildman–Crippen MR) is 206 cm³/mol. The number of fused-ring (bicyclic) bond motifs is 3. The number of carboxylic acid groups (broad SMARTS) is 1. The van der Waals surface area contributed by atoms with E-state index in [2.05, 4.69) is 45.0 Å². The Morgan fingerprint density at radius 2 is 1.62 bits per heavy atom. The van der Waals surface area contributed by atoms with Crippen molar-refractivity contribution in [3.63, 3.8) is 0 Å². The maximum absolute atomic E-state index is 14.1. The second-order valence-corrected chi connectivity index (χ2v) is 20.8. The molecule has 278 valence electrons. The molecule has 0 unspecified atom stereocenters. The number of benzene rings is 3. The molecular weight excluding hydrogens is 793 g/mol. The van der Waals surface area contributed by atoms with E-state index >= 15 is 0 Å². The van der Waals surface area contributed by atoms with E-state index in [1.807, 2.05) is 59.0 Å². The van der Waals surface area contributed by atoms with Gasteiger partial charge >= 0.3 is 5.97 Å². The fourth-order valence-electron chi connectivity index (χ4n) is 8.81. The summed E-state index contributed by atoms with van der Waals surface area (Å²) in [5.74, 6) is -5.72. The Kier molecular flexibility index (Phi) is 11.2. The Labute approximate surface area is 319 Å². The van der Waals surface area contributed by atoms with Crippen molar-refractivity contribution in [1.29, 1.82) is 0 Å². The lowest BCUT2D eigenvalue weighted by Crippen LogP contribution is -2.67. The van der Waals surface area contributed by atoms with Crippen molar-refractivity contribution in [2.75, 3.05) is 20.3 Å². The number of carbonyl (C=O) groups excluding carboxylic acids is 2. The molecule has 12 heteroatoms. The second kappa shape index (κ2) is 15.2. The minimum atomic E-state index is -3.04. The van der Waals surface area contributed by atoms with Gasteiger partial charge in [-0.2, -0.15) is 0 Å². The maximum atomic E-state index is 14.1. The third kappa shape index (κ3) is 6.92. The SMILES string of the molecule is COc1cc([C@@H]2C[C@H]3[C@H]4C(=O)N(CCCCCC(=O)O)C(=O)[C@H]4C[C@H](CO[Si](c4ccccc4)(c4ccccc4)C(C)(C)C)[C@@]3(O)O2)cc(I)c1O. The van der Waals surface area contributed by atoms with Crippen LogP contribution in [-0.4, -0.2) is 72.4 Å². The predicted octanol–water partition coefficient (Wildman–Crippen LogP) is 5.61. The van der Waals surface area contributed by atoms with Crippen LogP contribution in [0.15, 0.2) is 72.8 Å². The van der Waals surface area contributed by atoms with Gasteiger partial charge in [0.1, 0.15) is 0 Å². The standard InChI is InChI=1S/C40H48INO9Si/c1-39(2,3)52(27-14-8-5-9-15-27,28-16-10-6-11-17-28)50-24-26-22-29-35(38(47)42(37(29)46)19-13-7-12-18-34(43)44)30-23-32(51-40(26,30)48)25-20-31(41)36(45)33(21-25)49-4/h5-6,8-11,14-17,20-21,26,29-30,32,35,45,48H,7,12-13,18-19,22-24H2,1-4H3,(H,43,44)/t26-,29+,30+,32+,35+,40-/m1/s1. The zero-order chi connectivity index (χ0) is 37.4. The number of amides is 2. The van der Waals surface area contributed by atoms with E-state index in [1.165, 1.54) is 12.0 Å². The van der Waals surface area contributed by atoms with Crippen molar-refractivity contribution < 1.29 is 43.6 Å². The largest absolute Gasteiger partial charge is 0.504 e. The monoisotopic (exact) mass is 841 g/mol. The highest BCUT2D eigenvalue weighted by molar-refractivity contribution is 14.1. The van der Waals surface area contributed by atoms with Crippen molar-refractivity contribution in [3.05, 3.63) is 81.9 Å². The molecule has 6 rings (SSSR count). The summed E-state index contributed by atoms with van der Waals surface area (Å²) < 4.78 is 20.0. The first-order valence-corrected chi connectivity index (χ1v) is 21.0. The second-order valence-electron chi connectivity index (χ2n) is 15.3. The van der Waals surface area contributed by atoms with Gasteiger partial charge in [-0.3, -0.25) is 19.3 Å². The number of hydrogen-bond donors (Lipinski definition) is 3. The van der Waals surface area contributed by atoms with E-state index in [1.54, 1.807) is 12.1 Å². The Bertz CT molecular complexity index is 1750. The summed E-state index contributed by atoms with van der Waals surface area (Å²) in [6.45, 7) is 6.86. The Hall–Kier alpha value is -3.30. The first kappa shape index (κ1) is 38.4. The van der Waals surface area contributed by atoms with Crippen molar-refractivity contribution in [2.45, 2.75) is 76.2 Å². The first-order chi connectivity index (χ1) is 24.7. The number of methoxy groups -OCH3 is 1. The lowest BCUT2D eigenvalue weighted by atomic mass is 9.64. The molecule has 3 fully saturated rings. The van der Waals surface area contributed by atoms with Crippen LogP contribution in [0, 0.1) is 27.2 Å². The van der Waals surface area contributed by atoms with E-state index < -0.39 is 49.8 Å². The summed E-state index contributed by atoms with van der Waals surface area (Å²) >= 11 is 2.03. The summed E-state index contributed by atoms with van der Waals surface area (Å²) in [7, 11) is -1.57. The summed E-state index contributed by atoms with van der Waals surface area (Å²) in [5.41, 5.74) is 0.692. The highest BCUT2D eigenvalue weighted by Gasteiger charge is 2.67. The number of likely N-dealkylation sites (tertiary alicyclic amines) is 1. The smallest absolute Gasteiger partial charge is 0.303 e. The zero-order valence-electron chi connectivity index (χ0n) is 30.1. The summed E-state index contributed by atoms with van der Waals surface area (Å²) in [6, 6.07) is 23.9. The number of aliphatic carboxylic acids is 1. The third-order valence-corrected chi connectivity index (χ3v) is 17.1. The van der Waals surface area contributed by atoms with Crippen LogP contribution in [0.1, 0.15) is 71.0 Å². The van der Waals surface area contributed by atoms with Crippen LogP contribution in [0.4, 0.5) is 0 Å². The topological polar surface area (TPSA) is 143 Å². The van der Waals surface area contributed by atoms with Gasteiger partial charge in [0, 0.05) is 31.4 Å². The fraction of sp³-hybridized carbons (Fsp3) is 0.475. The molecular formula is C40H48INO9Si. The number of aliphatic hydroxyl groups is 1. The normalized spacial score (nSPS) is 26.0. The maximum Gasteiger partial charge on any atom is 0.303 e. The van der Waals surface area contributed by atoms with Crippen LogP contribution in [0.3, 0.4) is 0 Å². The molecule has 3 aliphatic rings. The van der Waals surface area contributed by atoms with Crippen LogP contribution in [0.2, 0.25) is 5.04 Å². The number of nitrogens with zero attached hydrogens (tertiary/aromatic N) is 1. The van der Waals surface area contributed by atoms with E-state index in [0.717, 1.165) is 10.4 Å². The summed E-state index contributed by atoms with van der Waals surface area (Å²) in [6.07, 6.45) is 1.43. The number of phenols is 1. The van der Waals surface area contributed by atoms with Gasteiger partial charge in [0.2, 0.25) is 11.8 Å². The van der Waals surface area contributed by atoms with Gasteiger partial charge in [-0.25, -0.2) is 0 Å². The number of ether oxygens (including phenoxy) is 2. The molecule has 0 aromatic heterocycles. The van der Waals surface area contributed by atoms with E-state index in [4.69, 9.17) is 19.0 Å². The van der Waals surface area contributed by atoms with Gasteiger partial charge in [0.25, 0.3) is 8.32 Å². The van der Waals surface area contributed by atoms with Gasteiger partial charge in [0.15, 0.2) is 17.3 Å². The average Bonchev–Trinajstić information content (AvgIpc) is 3.59. The Morgan fingerprint density at radius 3 is 2.19 bits per heavy atom. The number of hydrogen-bond acceptors (Lipinski definition) is 8. The molecule has 1 aliphatic carbocycles. The van der Waals surface area contributed by atoms with Gasteiger partial charge in [-0.15, -0.1) is 0 Å². The first-order valence-electron chi connectivity index (χ1n) is 18.0. The fourth-order valence-corrected chi connectivity index (χ4v) is 14.0. The Morgan fingerprint density at radius 1 is 0.981 bits per heavy atom. The zero-order valence-corrected chi connectivity index (χ0v) is 33.2. The van der Waals surface area contributed by atoms with Crippen molar-refractivity contribution in [1.82, 2.24) is 4.90 Å². The highest BCUT2D eigenvalue weighted by atomic mass is 127. The molecule has 3 aromatic carbocycles. The quantitative estimate of drug-likeness (QED) is 0.0867. The lowest BCUT2D eigenvalue weighted by molar-refractivity contribution is -0.273. The number of imide groups is 1. The minimum Gasteiger partial charge on any atom is -0.504 e. The number of aromatic hydroxyl groups is 1. The van der Waals surface area contributed by atoms with Crippen LogP contribution in [0.25, 0.3) is 0 Å². The number of unbranched alkanes of at least 4 members (excludes halogenated alkanes) is 2. The molecule has 0 bridgehead atoms. The molecule has 6 atom stereocenters. The molecule has 10 nitrogen and oxygen atoms in total. The molecule has 2 saturated heterocycles. The van der Waals surface area contributed by atoms with E-state index in [0.29, 0.717) is 28.4 Å². The van der Waals surface area contributed by atoms with Crippen LogP contribution in [0.5, 0.6) is 11.5 Å². The van der Waals surface area contributed by atoms with Gasteiger partial charge < -0.3 is 29.2 Å². The summed E-state index contributed by atoms with van der Waals surface area (Å²) in [5, 5.41) is 34.3. The number of halogens is 1. The lowest BCUT2D eigenvalue weighted by Gasteiger charge is -2.48.